The number of carbonyl (C=O) groups excluding carboxylic acids is 1. The predicted octanol–water partition coefficient (Wildman–Crippen LogP) is 3.99. The Morgan fingerprint density at radius 3 is 2.38 bits per heavy atom. The van der Waals surface area contributed by atoms with Gasteiger partial charge in [0.15, 0.2) is 0 Å². The number of piperazine rings is 1. The Bertz CT molecular complexity index is 743. The molecule has 0 aromatic heterocycles. The third-order valence-corrected chi connectivity index (χ3v) is 5.22. The number of hydrogen-bond donors (Lipinski definition) is 1. The third-order valence-electron chi connectivity index (χ3n) is 4.74. The van der Waals surface area contributed by atoms with Gasteiger partial charge in [-0.2, -0.15) is 0 Å². The fraction of sp³-hybridized carbons (Fsp3) is 0.350. The van der Waals surface area contributed by atoms with E-state index in [4.69, 9.17) is 23.2 Å². The average Bonchev–Trinajstić information content (AvgIpc) is 2.66. The number of carbonyl (C=O) groups is 1. The lowest BCUT2D eigenvalue weighted by Gasteiger charge is -2.36. The van der Waals surface area contributed by atoms with Crippen LogP contribution in [0, 0.1) is 0 Å². The van der Waals surface area contributed by atoms with Crippen LogP contribution in [0.5, 0.6) is 0 Å². The van der Waals surface area contributed by atoms with Crippen molar-refractivity contribution >= 4 is 34.8 Å². The number of nitrogens with one attached hydrogen (secondary N) is 1. The first-order valence-corrected chi connectivity index (χ1v) is 9.55. The molecule has 0 spiro atoms. The predicted molar refractivity (Wildman–Crippen MR) is 108 cm³/mol. The lowest BCUT2D eigenvalue weighted by Crippen LogP contribution is -2.51. The van der Waals surface area contributed by atoms with Crippen molar-refractivity contribution in [2.45, 2.75) is 13.0 Å². The van der Waals surface area contributed by atoms with Gasteiger partial charge in [0.25, 0.3) is 0 Å². The highest BCUT2D eigenvalue weighted by Gasteiger charge is 2.21. The molecule has 1 aliphatic rings. The number of amides is 1. The van der Waals surface area contributed by atoms with Gasteiger partial charge in [0.2, 0.25) is 5.91 Å². The summed E-state index contributed by atoms with van der Waals surface area (Å²) in [6, 6.07) is 15.6. The lowest BCUT2D eigenvalue weighted by atomic mass is 10.1. The molecule has 26 heavy (non-hydrogen) atoms. The smallest absolute Gasteiger partial charge is 0.236 e. The van der Waals surface area contributed by atoms with Gasteiger partial charge in [-0.3, -0.25) is 4.79 Å². The SMILES string of the molecule is C[C@@H](NCC(=O)N1CCN(c2cccc(Cl)c2)CC1)c1ccc(Cl)cc1. The molecule has 6 heteroatoms. The number of halogens is 2. The molecule has 2 aromatic rings. The van der Waals surface area contributed by atoms with Crippen molar-refractivity contribution in [2.75, 3.05) is 37.6 Å². The number of rotatable bonds is 5. The van der Waals surface area contributed by atoms with Gasteiger partial charge >= 0.3 is 0 Å². The van der Waals surface area contributed by atoms with Crippen LogP contribution in [-0.4, -0.2) is 43.5 Å². The van der Waals surface area contributed by atoms with Crippen molar-refractivity contribution in [3.8, 4) is 0 Å². The van der Waals surface area contributed by atoms with E-state index in [1.165, 1.54) is 0 Å². The topological polar surface area (TPSA) is 35.6 Å². The van der Waals surface area contributed by atoms with E-state index in [1.807, 2.05) is 54.3 Å². The summed E-state index contributed by atoms with van der Waals surface area (Å²) >= 11 is 12.0. The summed E-state index contributed by atoms with van der Waals surface area (Å²) in [5, 5.41) is 4.76. The summed E-state index contributed by atoms with van der Waals surface area (Å²) in [5.74, 6) is 0.136. The van der Waals surface area contributed by atoms with Crippen molar-refractivity contribution in [2.24, 2.45) is 0 Å². The summed E-state index contributed by atoms with van der Waals surface area (Å²) in [6.07, 6.45) is 0. The molecule has 0 bridgehead atoms. The first kappa shape index (κ1) is 19.0. The molecule has 1 atom stereocenters. The fourth-order valence-electron chi connectivity index (χ4n) is 3.11. The second-order valence-electron chi connectivity index (χ2n) is 6.50. The first-order chi connectivity index (χ1) is 12.5. The lowest BCUT2D eigenvalue weighted by molar-refractivity contribution is -0.130. The number of hydrogen-bond acceptors (Lipinski definition) is 3. The van der Waals surface area contributed by atoms with Crippen molar-refractivity contribution in [1.29, 1.82) is 0 Å². The normalized spacial score (nSPS) is 15.8. The molecule has 0 saturated carbocycles. The molecule has 0 unspecified atom stereocenters. The standard InChI is InChI=1S/C20H23Cl2N3O/c1-15(16-5-7-17(21)8-6-16)23-14-20(26)25-11-9-24(10-12-25)19-4-2-3-18(22)13-19/h2-8,13,15,23H,9-12,14H2,1H3/t15-/m1/s1. The van der Waals surface area contributed by atoms with Crippen LogP contribution >= 0.6 is 23.2 Å². The van der Waals surface area contributed by atoms with E-state index >= 15 is 0 Å². The van der Waals surface area contributed by atoms with E-state index in [0.717, 1.165) is 47.5 Å². The highest BCUT2D eigenvalue weighted by Crippen LogP contribution is 2.21. The fourth-order valence-corrected chi connectivity index (χ4v) is 3.42. The van der Waals surface area contributed by atoms with Crippen LogP contribution in [0.2, 0.25) is 10.0 Å². The van der Waals surface area contributed by atoms with Crippen molar-refractivity contribution in [3.05, 3.63) is 64.1 Å². The van der Waals surface area contributed by atoms with Gasteiger partial charge in [0.1, 0.15) is 0 Å². The van der Waals surface area contributed by atoms with Crippen molar-refractivity contribution in [1.82, 2.24) is 10.2 Å². The second-order valence-corrected chi connectivity index (χ2v) is 7.37. The molecule has 1 aliphatic heterocycles. The summed E-state index contributed by atoms with van der Waals surface area (Å²) in [4.78, 5) is 16.7. The van der Waals surface area contributed by atoms with Crippen LogP contribution < -0.4 is 10.2 Å². The maximum absolute atomic E-state index is 12.5. The van der Waals surface area contributed by atoms with Gasteiger partial charge in [-0.1, -0.05) is 41.4 Å². The largest absolute Gasteiger partial charge is 0.368 e. The molecular formula is C20H23Cl2N3O. The zero-order chi connectivity index (χ0) is 18.5. The average molecular weight is 392 g/mol. The minimum Gasteiger partial charge on any atom is -0.368 e. The second kappa shape index (κ2) is 8.76. The van der Waals surface area contributed by atoms with E-state index in [-0.39, 0.29) is 11.9 Å². The van der Waals surface area contributed by atoms with Gasteiger partial charge in [-0.05, 0) is 42.8 Å². The van der Waals surface area contributed by atoms with E-state index in [1.54, 1.807) is 0 Å². The monoisotopic (exact) mass is 391 g/mol. The number of nitrogens with zero attached hydrogens (tertiary/aromatic N) is 2. The molecule has 1 amide bonds. The molecule has 0 radical (unpaired) electrons. The molecule has 4 nitrogen and oxygen atoms in total. The van der Waals surface area contributed by atoms with Crippen LogP contribution in [0.1, 0.15) is 18.5 Å². The Balaban J connectivity index is 1.47. The van der Waals surface area contributed by atoms with Crippen molar-refractivity contribution in [3.63, 3.8) is 0 Å². The van der Waals surface area contributed by atoms with Gasteiger partial charge in [0, 0.05) is 48.0 Å². The molecule has 1 fully saturated rings. The summed E-state index contributed by atoms with van der Waals surface area (Å²) < 4.78 is 0. The molecule has 138 valence electrons. The Kier molecular flexibility index (Phi) is 6.41. The Morgan fingerprint density at radius 1 is 1.04 bits per heavy atom. The highest BCUT2D eigenvalue weighted by atomic mass is 35.5. The Hall–Kier alpha value is -1.75. The zero-order valence-electron chi connectivity index (χ0n) is 14.8. The van der Waals surface area contributed by atoms with E-state index in [9.17, 15) is 4.79 Å². The van der Waals surface area contributed by atoms with E-state index < -0.39 is 0 Å². The molecule has 0 aliphatic carbocycles. The zero-order valence-corrected chi connectivity index (χ0v) is 16.3. The van der Waals surface area contributed by atoms with Crippen LogP contribution in [0.25, 0.3) is 0 Å². The maximum Gasteiger partial charge on any atom is 0.236 e. The van der Waals surface area contributed by atoms with Crippen LogP contribution in [0.3, 0.4) is 0 Å². The molecule has 1 N–H and O–H groups in total. The summed E-state index contributed by atoms with van der Waals surface area (Å²) in [6.45, 7) is 5.47. The third kappa shape index (κ3) is 4.91. The first-order valence-electron chi connectivity index (χ1n) is 8.80. The van der Waals surface area contributed by atoms with Gasteiger partial charge in [-0.15, -0.1) is 0 Å². The van der Waals surface area contributed by atoms with E-state index in [2.05, 4.69) is 16.3 Å². The highest BCUT2D eigenvalue weighted by molar-refractivity contribution is 6.31. The summed E-state index contributed by atoms with van der Waals surface area (Å²) in [5.41, 5.74) is 2.23. The van der Waals surface area contributed by atoms with E-state index in [0.29, 0.717) is 6.54 Å². The van der Waals surface area contributed by atoms with Crippen molar-refractivity contribution < 1.29 is 4.79 Å². The maximum atomic E-state index is 12.5. The Labute approximate surface area is 164 Å². The van der Waals surface area contributed by atoms with Crippen LogP contribution in [0.15, 0.2) is 48.5 Å². The van der Waals surface area contributed by atoms with Crippen LogP contribution in [0.4, 0.5) is 5.69 Å². The summed E-state index contributed by atoms with van der Waals surface area (Å²) in [7, 11) is 0. The molecule has 2 aromatic carbocycles. The molecular weight excluding hydrogens is 369 g/mol. The number of anilines is 1. The number of benzene rings is 2. The molecule has 3 rings (SSSR count). The minimum absolute atomic E-state index is 0.101. The van der Waals surface area contributed by atoms with Gasteiger partial charge < -0.3 is 15.1 Å². The quantitative estimate of drug-likeness (QED) is 0.836. The Morgan fingerprint density at radius 2 is 1.73 bits per heavy atom. The van der Waals surface area contributed by atoms with Crippen LogP contribution in [-0.2, 0) is 4.79 Å². The van der Waals surface area contributed by atoms with Gasteiger partial charge in [-0.25, -0.2) is 0 Å². The molecule has 1 heterocycles. The van der Waals surface area contributed by atoms with Gasteiger partial charge in [0.05, 0.1) is 6.54 Å². The molecule has 1 saturated heterocycles. The minimum atomic E-state index is 0.101.